The van der Waals surface area contributed by atoms with Crippen LogP contribution in [0.2, 0.25) is 0 Å². The summed E-state index contributed by atoms with van der Waals surface area (Å²) in [5, 5.41) is 16.2. The molecule has 7 heteroatoms. The molecule has 0 spiro atoms. The van der Waals surface area contributed by atoms with E-state index in [0.29, 0.717) is 0 Å². The number of nitro benzene ring substituents is 1. The standard InChI is InChI=1S/C12H14FN3O3/c13-8-4-10(6-11(5-8)16(18)19)15-12(17)7-9-2-1-3-14-9/h4-6,9,14H,1-3,7H2,(H,15,17). The van der Waals surface area contributed by atoms with Crippen LogP contribution in [0.3, 0.4) is 0 Å². The van der Waals surface area contributed by atoms with Gasteiger partial charge in [-0.05, 0) is 25.5 Å². The number of nitrogens with zero attached hydrogens (tertiary/aromatic N) is 1. The number of halogens is 1. The molecule has 1 unspecified atom stereocenters. The summed E-state index contributed by atoms with van der Waals surface area (Å²) in [4.78, 5) is 21.6. The third-order valence-corrected chi connectivity index (χ3v) is 2.97. The van der Waals surface area contributed by atoms with E-state index in [-0.39, 0.29) is 29.7 Å². The maximum atomic E-state index is 13.2. The first-order chi connectivity index (χ1) is 9.04. The van der Waals surface area contributed by atoms with Crippen LogP contribution < -0.4 is 10.6 Å². The summed E-state index contributed by atoms with van der Waals surface area (Å²) >= 11 is 0. The fourth-order valence-electron chi connectivity index (χ4n) is 2.12. The van der Waals surface area contributed by atoms with Gasteiger partial charge in [0.2, 0.25) is 5.91 Å². The highest BCUT2D eigenvalue weighted by atomic mass is 19.1. The van der Waals surface area contributed by atoms with E-state index in [2.05, 4.69) is 10.6 Å². The van der Waals surface area contributed by atoms with Crippen molar-refractivity contribution in [2.24, 2.45) is 0 Å². The Kier molecular flexibility index (Phi) is 4.06. The molecule has 0 bridgehead atoms. The van der Waals surface area contributed by atoms with E-state index >= 15 is 0 Å². The van der Waals surface area contributed by atoms with E-state index in [1.54, 1.807) is 0 Å². The van der Waals surface area contributed by atoms with Gasteiger partial charge < -0.3 is 10.6 Å². The van der Waals surface area contributed by atoms with Crippen LogP contribution in [0.4, 0.5) is 15.8 Å². The number of nitro groups is 1. The molecule has 0 aromatic heterocycles. The Labute approximate surface area is 109 Å². The molecular weight excluding hydrogens is 253 g/mol. The van der Waals surface area contributed by atoms with E-state index in [1.165, 1.54) is 0 Å². The molecule has 0 radical (unpaired) electrons. The topological polar surface area (TPSA) is 84.3 Å². The molecule has 0 aliphatic carbocycles. The smallest absolute Gasteiger partial charge is 0.274 e. The number of hydrogen-bond acceptors (Lipinski definition) is 4. The molecule has 1 atom stereocenters. The lowest BCUT2D eigenvalue weighted by Gasteiger charge is -2.10. The third kappa shape index (κ3) is 3.72. The van der Waals surface area contributed by atoms with Gasteiger partial charge in [0.25, 0.3) is 5.69 Å². The Morgan fingerprint density at radius 1 is 1.53 bits per heavy atom. The lowest BCUT2D eigenvalue weighted by Crippen LogP contribution is -2.27. The Morgan fingerprint density at radius 3 is 2.95 bits per heavy atom. The Balaban J connectivity index is 2.01. The first kappa shape index (κ1) is 13.4. The molecule has 1 aromatic carbocycles. The number of non-ortho nitro benzene ring substituents is 1. The van der Waals surface area contributed by atoms with Crippen molar-refractivity contribution in [3.8, 4) is 0 Å². The van der Waals surface area contributed by atoms with Gasteiger partial charge in [0.15, 0.2) is 0 Å². The third-order valence-electron chi connectivity index (χ3n) is 2.97. The predicted octanol–water partition coefficient (Wildman–Crippen LogP) is 1.81. The molecule has 102 valence electrons. The molecular formula is C12H14FN3O3. The Morgan fingerprint density at radius 2 is 2.32 bits per heavy atom. The van der Waals surface area contributed by atoms with Gasteiger partial charge in [0.1, 0.15) is 5.82 Å². The van der Waals surface area contributed by atoms with Gasteiger partial charge in [-0.1, -0.05) is 0 Å². The van der Waals surface area contributed by atoms with Gasteiger partial charge in [0.05, 0.1) is 16.7 Å². The zero-order valence-electron chi connectivity index (χ0n) is 10.2. The SMILES string of the molecule is O=C(CC1CCCN1)Nc1cc(F)cc([N+](=O)[O-])c1. The van der Waals surface area contributed by atoms with Crippen molar-refractivity contribution in [3.63, 3.8) is 0 Å². The van der Waals surface area contributed by atoms with E-state index in [9.17, 15) is 19.3 Å². The van der Waals surface area contributed by atoms with Gasteiger partial charge >= 0.3 is 0 Å². The van der Waals surface area contributed by atoms with Crippen LogP contribution in [0.25, 0.3) is 0 Å². The van der Waals surface area contributed by atoms with Crippen LogP contribution in [-0.4, -0.2) is 23.4 Å². The molecule has 1 saturated heterocycles. The number of anilines is 1. The molecule has 1 heterocycles. The summed E-state index contributed by atoms with van der Waals surface area (Å²) in [7, 11) is 0. The van der Waals surface area contributed by atoms with Crippen LogP contribution in [0, 0.1) is 15.9 Å². The summed E-state index contributed by atoms with van der Waals surface area (Å²) in [6.45, 7) is 0.892. The lowest BCUT2D eigenvalue weighted by molar-refractivity contribution is -0.385. The minimum Gasteiger partial charge on any atom is -0.326 e. The van der Waals surface area contributed by atoms with Crippen LogP contribution in [-0.2, 0) is 4.79 Å². The summed E-state index contributed by atoms with van der Waals surface area (Å²) in [6.07, 6.45) is 2.24. The van der Waals surface area contributed by atoms with Crippen LogP contribution >= 0.6 is 0 Å². The molecule has 1 aliphatic heterocycles. The number of rotatable bonds is 4. The minimum absolute atomic E-state index is 0.106. The van der Waals surface area contributed by atoms with E-state index < -0.39 is 10.7 Å². The zero-order chi connectivity index (χ0) is 13.8. The molecule has 1 fully saturated rings. The second-order valence-corrected chi connectivity index (χ2v) is 4.50. The van der Waals surface area contributed by atoms with E-state index in [0.717, 1.165) is 37.6 Å². The fourth-order valence-corrected chi connectivity index (χ4v) is 2.12. The van der Waals surface area contributed by atoms with Crippen molar-refractivity contribution in [2.75, 3.05) is 11.9 Å². The van der Waals surface area contributed by atoms with Crippen molar-refractivity contribution in [1.82, 2.24) is 5.32 Å². The minimum atomic E-state index is -0.747. The van der Waals surface area contributed by atoms with Crippen LogP contribution in [0.1, 0.15) is 19.3 Å². The quantitative estimate of drug-likeness (QED) is 0.643. The normalized spacial score (nSPS) is 18.3. The number of benzene rings is 1. The van der Waals surface area contributed by atoms with Crippen molar-refractivity contribution in [2.45, 2.75) is 25.3 Å². The highest BCUT2D eigenvalue weighted by Gasteiger charge is 2.18. The van der Waals surface area contributed by atoms with Gasteiger partial charge in [0, 0.05) is 18.5 Å². The summed E-state index contributed by atoms with van der Waals surface area (Å²) in [6, 6.07) is 3.15. The maximum Gasteiger partial charge on any atom is 0.274 e. The number of carbonyl (C=O) groups is 1. The summed E-state index contributed by atoms with van der Waals surface area (Å²) < 4.78 is 13.2. The molecule has 19 heavy (non-hydrogen) atoms. The van der Waals surface area contributed by atoms with Crippen molar-refractivity contribution >= 4 is 17.3 Å². The van der Waals surface area contributed by atoms with Crippen LogP contribution in [0.5, 0.6) is 0 Å². The average Bonchev–Trinajstić information content (AvgIpc) is 2.80. The second-order valence-electron chi connectivity index (χ2n) is 4.50. The molecule has 6 nitrogen and oxygen atoms in total. The molecule has 2 N–H and O–H groups in total. The first-order valence-corrected chi connectivity index (χ1v) is 6.03. The highest BCUT2D eigenvalue weighted by molar-refractivity contribution is 5.91. The highest BCUT2D eigenvalue weighted by Crippen LogP contribution is 2.20. The Bertz CT molecular complexity index is 501. The predicted molar refractivity (Wildman–Crippen MR) is 67.3 cm³/mol. The van der Waals surface area contributed by atoms with E-state index in [1.807, 2.05) is 0 Å². The molecule has 1 amide bonds. The van der Waals surface area contributed by atoms with Gasteiger partial charge in [-0.15, -0.1) is 0 Å². The van der Waals surface area contributed by atoms with E-state index in [4.69, 9.17) is 0 Å². The average molecular weight is 267 g/mol. The number of amides is 1. The number of nitrogens with one attached hydrogen (secondary N) is 2. The second kappa shape index (κ2) is 5.75. The molecule has 1 aliphatic rings. The van der Waals surface area contributed by atoms with Crippen molar-refractivity contribution in [1.29, 1.82) is 0 Å². The zero-order valence-corrected chi connectivity index (χ0v) is 10.2. The fraction of sp³-hybridized carbons (Fsp3) is 0.417. The van der Waals surface area contributed by atoms with Crippen molar-refractivity contribution < 1.29 is 14.1 Å². The lowest BCUT2D eigenvalue weighted by atomic mass is 10.1. The largest absolute Gasteiger partial charge is 0.326 e. The molecule has 2 rings (SSSR count). The molecule has 0 saturated carbocycles. The number of carbonyl (C=O) groups excluding carboxylic acids is 1. The number of hydrogen-bond donors (Lipinski definition) is 2. The summed E-state index contributed by atoms with van der Waals surface area (Å²) in [5.41, 5.74) is -0.274. The first-order valence-electron chi connectivity index (χ1n) is 6.03. The summed E-state index contributed by atoms with van der Waals surface area (Å²) in [5.74, 6) is -1.03. The Hall–Kier alpha value is -2.02. The maximum absolute atomic E-state index is 13.2. The van der Waals surface area contributed by atoms with Gasteiger partial charge in [-0.2, -0.15) is 0 Å². The van der Waals surface area contributed by atoms with Gasteiger partial charge in [-0.3, -0.25) is 14.9 Å². The molecule has 1 aromatic rings. The van der Waals surface area contributed by atoms with Crippen LogP contribution in [0.15, 0.2) is 18.2 Å². The van der Waals surface area contributed by atoms with Crippen molar-refractivity contribution in [3.05, 3.63) is 34.1 Å². The van der Waals surface area contributed by atoms with Gasteiger partial charge in [-0.25, -0.2) is 4.39 Å². The monoisotopic (exact) mass is 267 g/mol.